The molecule has 2 unspecified atom stereocenters. The first-order valence-electron chi connectivity index (χ1n) is 23.4. The SMILES string of the molecule is CC[C@H](C)[C@@H]1NC(=O)[C@H](CC(C)C)NC(=O)C(NC(C)=O)CSSC[C@@H](C(=O)N[C@@H](Cc2cnc[nH]2)C(=O)N[C@@H](Cc2ccc(O)cc2)C(N)=O)NC(=O)[C@H](CCCN=C(N)N)NC(=O)C([C@@H](C)O)NC1=O. The summed E-state index contributed by atoms with van der Waals surface area (Å²) >= 11 is 0. The molecule has 1 fully saturated rings. The van der Waals surface area contributed by atoms with Gasteiger partial charge in [-0.05, 0) is 55.7 Å². The van der Waals surface area contributed by atoms with Crippen molar-refractivity contribution in [1.29, 1.82) is 0 Å². The number of carbonyl (C=O) groups is 9. The third kappa shape index (κ3) is 20.2. The highest BCUT2D eigenvalue weighted by molar-refractivity contribution is 8.76. The predicted molar refractivity (Wildman–Crippen MR) is 270 cm³/mol. The second-order valence-corrected chi connectivity index (χ2v) is 20.4. The van der Waals surface area contributed by atoms with Crippen molar-refractivity contribution < 1.29 is 53.4 Å². The third-order valence-electron chi connectivity index (χ3n) is 11.3. The zero-order valence-electron chi connectivity index (χ0n) is 41.2. The molecule has 3 rings (SSSR count). The Hall–Kier alpha value is -6.61. The normalized spacial score (nSPS) is 22.5. The van der Waals surface area contributed by atoms with Gasteiger partial charge in [0.25, 0.3) is 0 Å². The molecule has 2 aromatic rings. The number of imidazole rings is 1. The number of aliphatic imine (C=N–C) groups is 1. The zero-order chi connectivity index (χ0) is 53.7. The van der Waals surface area contributed by atoms with Gasteiger partial charge in [0.05, 0.1) is 12.4 Å². The first kappa shape index (κ1) is 59.7. The van der Waals surface area contributed by atoms with E-state index in [1.54, 1.807) is 13.8 Å². The number of nitrogens with zero attached hydrogens (tertiary/aromatic N) is 2. The molecule has 9 amide bonds. The molecule has 10 atom stereocenters. The van der Waals surface area contributed by atoms with Gasteiger partial charge < -0.3 is 74.9 Å². The van der Waals surface area contributed by atoms with E-state index in [1.165, 1.54) is 50.6 Å². The summed E-state index contributed by atoms with van der Waals surface area (Å²) in [5.74, 6) is -8.76. The van der Waals surface area contributed by atoms with Crippen molar-refractivity contribution in [3.8, 4) is 5.75 Å². The molecule has 1 aromatic carbocycles. The molecule has 25 nitrogen and oxygen atoms in total. The van der Waals surface area contributed by atoms with Gasteiger partial charge in [-0.2, -0.15) is 0 Å². The van der Waals surface area contributed by atoms with Crippen LogP contribution in [0.3, 0.4) is 0 Å². The maximum atomic E-state index is 14.5. The van der Waals surface area contributed by atoms with Crippen LogP contribution in [0.5, 0.6) is 5.75 Å². The van der Waals surface area contributed by atoms with Gasteiger partial charge in [0.2, 0.25) is 53.2 Å². The van der Waals surface area contributed by atoms with Crippen LogP contribution in [0, 0.1) is 11.8 Å². The number of rotatable bonds is 19. The third-order valence-corrected chi connectivity index (χ3v) is 13.7. The summed E-state index contributed by atoms with van der Waals surface area (Å²) in [4.78, 5) is 135. The van der Waals surface area contributed by atoms with E-state index in [-0.39, 0.29) is 67.8 Å². The fraction of sp³-hybridized carbons (Fsp3) is 0.578. The number of hydrogen-bond acceptors (Lipinski definition) is 15. The average molecular weight is 1050 g/mol. The average Bonchev–Trinajstić information content (AvgIpc) is 3.83. The van der Waals surface area contributed by atoms with Crippen molar-refractivity contribution in [2.24, 2.45) is 34.0 Å². The number of nitrogens with one attached hydrogen (secondary N) is 9. The number of carbonyl (C=O) groups excluding carboxylic acids is 9. The summed E-state index contributed by atoms with van der Waals surface area (Å²) in [6.07, 6.45) is 1.41. The second kappa shape index (κ2) is 29.7. The fourth-order valence-corrected chi connectivity index (χ4v) is 9.52. The van der Waals surface area contributed by atoms with Crippen LogP contribution in [0.25, 0.3) is 0 Å². The van der Waals surface area contributed by atoms with Crippen molar-refractivity contribution in [1.82, 2.24) is 52.5 Å². The molecule has 0 saturated carbocycles. The van der Waals surface area contributed by atoms with Crippen LogP contribution in [0.2, 0.25) is 0 Å². The number of aromatic nitrogens is 2. The Morgan fingerprint density at radius 3 is 2.01 bits per heavy atom. The van der Waals surface area contributed by atoms with Crippen molar-refractivity contribution >= 4 is 80.7 Å². The number of phenols is 1. The van der Waals surface area contributed by atoms with E-state index in [4.69, 9.17) is 17.2 Å². The lowest BCUT2D eigenvalue weighted by atomic mass is 9.96. The molecule has 1 aliphatic rings. The molecule has 1 aromatic heterocycles. The first-order valence-corrected chi connectivity index (χ1v) is 25.9. The van der Waals surface area contributed by atoms with E-state index in [9.17, 15) is 53.4 Å². The Balaban J connectivity index is 2.11. The highest BCUT2D eigenvalue weighted by Gasteiger charge is 2.37. The summed E-state index contributed by atoms with van der Waals surface area (Å²) in [6.45, 7) is 9.55. The van der Waals surface area contributed by atoms with Gasteiger partial charge in [0.1, 0.15) is 54.1 Å². The quantitative estimate of drug-likeness (QED) is 0.0293. The summed E-state index contributed by atoms with van der Waals surface area (Å²) in [7, 11) is 2.03. The molecule has 0 aliphatic carbocycles. The molecular formula is C45H70N14O11S2. The minimum absolute atomic E-state index is 0.00945. The summed E-state index contributed by atoms with van der Waals surface area (Å²) in [5.41, 5.74) is 17.7. The molecule has 1 saturated heterocycles. The van der Waals surface area contributed by atoms with Crippen LogP contribution < -0.4 is 59.7 Å². The van der Waals surface area contributed by atoms with E-state index < -0.39 is 114 Å². The van der Waals surface area contributed by atoms with Crippen LogP contribution in [0.1, 0.15) is 78.5 Å². The van der Waals surface area contributed by atoms with E-state index in [2.05, 4.69) is 57.5 Å². The van der Waals surface area contributed by atoms with Crippen LogP contribution in [-0.2, 0) is 56.0 Å². The highest BCUT2D eigenvalue weighted by atomic mass is 33.1. The molecule has 0 bridgehead atoms. The first-order chi connectivity index (χ1) is 34.0. The summed E-state index contributed by atoms with van der Waals surface area (Å²) < 4.78 is 0. The number of benzene rings is 1. The number of guanidine groups is 1. The predicted octanol–water partition coefficient (Wildman–Crippen LogP) is -2.79. The minimum atomic E-state index is -1.68. The number of primary amides is 1. The topological polar surface area (TPSA) is 409 Å². The van der Waals surface area contributed by atoms with E-state index in [1.807, 2.05) is 13.8 Å². The number of nitrogens with two attached hydrogens (primary N) is 3. The minimum Gasteiger partial charge on any atom is -0.508 e. The van der Waals surface area contributed by atoms with Crippen LogP contribution >= 0.6 is 21.6 Å². The molecule has 0 radical (unpaired) electrons. The number of hydrogen-bond donors (Lipinski definition) is 14. The Kier molecular flexibility index (Phi) is 24.6. The second-order valence-electron chi connectivity index (χ2n) is 17.9. The number of phenolic OH excluding ortho intramolecular Hbond substituents is 1. The van der Waals surface area contributed by atoms with Crippen molar-refractivity contribution in [3.05, 3.63) is 48.0 Å². The number of aromatic hydroxyl groups is 1. The van der Waals surface area contributed by atoms with Gasteiger partial charge >= 0.3 is 0 Å². The molecule has 17 N–H and O–H groups in total. The molecule has 0 spiro atoms. The number of aromatic amines is 1. The lowest BCUT2D eigenvalue weighted by Crippen LogP contribution is -2.63. The Morgan fingerprint density at radius 1 is 0.806 bits per heavy atom. The lowest BCUT2D eigenvalue weighted by molar-refractivity contribution is -0.137. The molecule has 72 heavy (non-hydrogen) atoms. The van der Waals surface area contributed by atoms with Gasteiger partial charge in [-0.1, -0.05) is 67.8 Å². The summed E-state index contributed by atoms with van der Waals surface area (Å²) in [6, 6.07) is -5.17. The van der Waals surface area contributed by atoms with Crippen molar-refractivity contribution in [2.45, 2.75) is 135 Å². The number of H-pyrrole nitrogens is 1. The van der Waals surface area contributed by atoms with Crippen LogP contribution in [0.15, 0.2) is 41.8 Å². The van der Waals surface area contributed by atoms with Crippen molar-refractivity contribution in [3.63, 3.8) is 0 Å². The van der Waals surface area contributed by atoms with Gasteiger partial charge in [-0.15, -0.1) is 0 Å². The van der Waals surface area contributed by atoms with Crippen LogP contribution in [0.4, 0.5) is 0 Å². The largest absolute Gasteiger partial charge is 0.508 e. The van der Waals surface area contributed by atoms with Gasteiger partial charge in [-0.25, -0.2) is 4.98 Å². The van der Waals surface area contributed by atoms with Gasteiger partial charge in [-0.3, -0.25) is 48.1 Å². The molecule has 398 valence electrons. The molecule has 1 aliphatic heterocycles. The fourth-order valence-electron chi connectivity index (χ4n) is 7.19. The Morgan fingerprint density at radius 2 is 1.43 bits per heavy atom. The standard InChI is InChI=1S/C45H70N14O11S2/c1-7-23(4)35-43(69)59-36(24(5)60)44(70)53-29(9-8-14-50-45(47)48)38(64)57-34(20-72-71-19-33(52-25(6)61)41(67)55-31(15-22(2)3)40(66)58-35)42(68)56-32(17-27-18-49-21-51-27)39(65)54-30(37(46)63)16-26-10-12-28(62)13-11-26/h10-13,18,21-24,29-36,60,62H,7-9,14-17,19-20H2,1-6H3,(H2,46,63)(H,49,51)(H,52,61)(H,53,70)(H,54,65)(H,55,67)(H,56,68)(H,57,64)(H,58,66)(H,59,69)(H4,47,48,50)/t23-,24+,29-,30-,31-,32-,33?,34-,35-,36?/m0/s1. The number of amides is 9. The number of aliphatic hydroxyl groups is 1. The monoisotopic (exact) mass is 1050 g/mol. The maximum Gasteiger partial charge on any atom is 0.245 e. The van der Waals surface area contributed by atoms with Gasteiger partial charge in [0.15, 0.2) is 5.96 Å². The smallest absolute Gasteiger partial charge is 0.245 e. The summed E-state index contributed by atoms with van der Waals surface area (Å²) in [5, 5.41) is 41.6. The Labute approximate surface area is 425 Å². The Bertz CT molecular complexity index is 2200. The molecule has 27 heteroatoms. The zero-order valence-corrected chi connectivity index (χ0v) is 42.8. The maximum absolute atomic E-state index is 14.5. The van der Waals surface area contributed by atoms with E-state index >= 15 is 0 Å². The molecular weight excluding hydrogens is 977 g/mol. The number of aliphatic hydroxyl groups excluding tert-OH is 1. The molecule has 2 heterocycles. The van der Waals surface area contributed by atoms with E-state index in [0.717, 1.165) is 21.6 Å². The van der Waals surface area contributed by atoms with E-state index in [0.29, 0.717) is 17.7 Å². The highest BCUT2D eigenvalue weighted by Crippen LogP contribution is 2.24. The lowest BCUT2D eigenvalue weighted by Gasteiger charge is -2.31. The van der Waals surface area contributed by atoms with Crippen LogP contribution in [-0.4, -0.2) is 152 Å². The van der Waals surface area contributed by atoms with Crippen molar-refractivity contribution in [2.75, 3.05) is 18.1 Å². The van der Waals surface area contributed by atoms with Gasteiger partial charge in [0, 0.05) is 49.7 Å².